The van der Waals surface area contributed by atoms with Gasteiger partial charge in [-0.2, -0.15) is 0 Å². The molecule has 5 nitrogen and oxygen atoms in total. The van der Waals surface area contributed by atoms with Crippen LogP contribution in [0, 0.1) is 5.82 Å². The molecule has 0 atom stereocenters. The second kappa shape index (κ2) is 9.84. The minimum atomic E-state index is -0.589. The molecule has 0 unspecified atom stereocenters. The second-order valence-electron chi connectivity index (χ2n) is 6.43. The maximum Gasteiger partial charge on any atom is 0.258 e. The van der Waals surface area contributed by atoms with Gasteiger partial charge in [-0.3, -0.25) is 14.4 Å². The summed E-state index contributed by atoms with van der Waals surface area (Å²) >= 11 is 1.30. The van der Waals surface area contributed by atoms with Gasteiger partial charge in [-0.1, -0.05) is 18.2 Å². The lowest BCUT2D eigenvalue weighted by molar-refractivity contribution is -0.113. The van der Waals surface area contributed by atoms with Gasteiger partial charge in [0.15, 0.2) is 5.78 Å². The third-order valence-corrected chi connectivity index (χ3v) is 5.15. The number of amides is 2. The first-order valence-electron chi connectivity index (χ1n) is 9.12. The number of benzene rings is 3. The van der Waals surface area contributed by atoms with E-state index in [0.29, 0.717) is 16.9 Å². The van der Waals surface area contributed by atoms with Gasteiger partial charge in [-0.25, -0.2) is 4.39 Å². The number of carbonyl (C=O) groups is 3. The van der Waals surface area contributed by atoms with E-state index in [4.69, 9.17) is 0 Å². The molecule has 3 aromatic carbocycles. The summed E-state index contributed by atoms with van der Waals surface area (Å²) in [7, 11) is 0. The molecular weight excluding hydrogens is 403 g/mol. The Morgan fingerprint density at radius 2 is 1.60 bits per heavy atom. The first-order chi connectivity index (χ1) is 14.4. The fraction of sp³-hybridized carbons (Fsp3) is 0.0870. The van der Waals surface area contributed by atoms with Gasteiger partial charge in [0.1, 0.15) is 5.82 Å². The van der Waals surface area contributed by atoms with Crippen LogP contribution in [0.25, 0.3) is 0 Å². The number of anilines is 2. The van der Waals surface area contributed by atoms with Crippen LogP contribution in [-0.2, 0) is 4.79 Å². The quantitative estimate of drug-likeness (QED) is 0.415. The third kappa shape index (κ3) is 5.78. The van der Waals surface area contributed by atoms with Crippen molar-refractivity contribution in [2.45, 2.75) is 11.8 Å². The molecular formula is C23H19FN2O3S. The summed E-state index contributed by atoms with van der Waals surface area (Å²) in [5, 5.41) is 5.43. The lowest BCUT2D eigenvalue weighted by atomic mass is 10.1. The Morgan fingerprint density at radius 3 is 2.30 bits per heavy atom. The number of Topliss-reactive ketones (excluding diaryl/α,β-unsaturated/α-hetero) is 1. The summed E-state index contributed by atoms with van der Waals surface area (Å²) in [5.41, 5.74) is 1.66. The van der Waals surface area contributed by atoms with E-state index in [2.05, 4.69) is 10.6 Å². The van der Waals surface area contributed by atoms with Crippen molar-refractivity contribution in [1.29, 1.82) is 0 Å². The van der Waals surface area contributed by atoms with Gasteiger partial charge in [-0.15, -0.1) is 11.8 Å². The molecule has 0 fully saturated rings. The predicted molar refractivity (Wildman–Crippen MR) is 117 cm³/mol. The van der Waals surface area contributed by atoms with E-state index in [1.807, 2.05) is 6.07 Å². The summed E-state index contributed by atoms with van der Waals surface area (Å²) in [6.07, 6.45) is 0. The molecule has 152 valence electrons. The van der Waals surface area contributed by atoms with E-state index in [1.165, 1.54) is 36.9 Å². The van der Waals surface area contributed by atoms with Crippen molar-refractivity contribution in [3.05, 3.63) is 89.7 Å². The zero-order valence-corrected chi connectivity index (χ0v) is 17.0. The van der Waals surface area contributed by atoms with E-state index < -0.39 is 11.7 Å². The zero-order valence-electron chi connectivity index (χ0n) is 16.1. The smallest absolute Gasteiger partial charge is 0.258 e. The van der Waals surface area contributed by atoms with Crippen LogP contribution in [0.5, 0.6) is 0 Å². The highest BCUT2D eigenvalue weighted by Crippen LogP contribution is 2.23. The van der Waals surface area contributed by atoms with Gasteiger partial charge in [0.05, 0.1) is 11.3 Å². The normalized spacial score (nSPS) is 10.3. The molecule has 2 amide bonds. The number of carbonyl (C=O) groups excluding carboxylic acids is 3. The molecule has 2 N–H and O–H groups in total. The topological polar surface area (TPSA) is 75.3 Å². The molecule has 30 heavy (non-hydrogen) atoms. The highest BCUT2D eigenvalue weighted by Gasteiger charge is 2.11. The standard InChI is InChI=1S/C23H19FN2O3S/c1-15(27)16-9-11-17(12-10-16)25-22(28)14-30-19-6-4-5-18(13-19)26-23(29)20-7-2-3-8-21(20)24/h2-13H,14H2,1H3,(H,25,28)(H,26,29). The van der Waals surface area contributed by atoms with Gasteiger partial charge in [-0.05, 0) is 61.5 Å². The second-order valence-corrected chi connectivity index (χ2v) is 7.48. The van der Waals surface area contributed by atoms with Crippen molar-refractivity contribution in [2.24, 2.45) is 0 Å². The number of rotatable bonds is 7. The molecule has 0 aliphatic heterocycles. The first kappa shape index (κ1) is 21.3. The number of hydrogen-bond donors (Lipinski definition) is 2. The van der Waals surface area contributed by atoms with Crippen LogP contribution in [0.2, 0.25) is 0 Å². The number of thioether (sulfide) groups is 1. The molecule has 0 spiro atoms. The van der Waals surface area contributed by atoms with Gasteiger partial charge < -0.3 is 10.6 Å². The van der Waals surface area contributed by atoms with Gasteiger partial charge in [0.25, 0.3) is 5.91 Å². The monoisotopic (exact) mass is 422 g/mol. The molecule has 0 heterocycles. The average molecular weight is 422 g/mol. The number of ketones is 1. The molecule has 0 saturated heterocycles. The Kier molecular flexibility index (Phi) is 6.98. The number of nitrogens with one attached hydrogen (secondary N) is 2. The van der Waals surface area contributed by atoms with E-state index in [9.17, 15) is 18.8 Å². The largest absolute Gasteiger partial charge is 0.325 e. The fourth-order valence-electron chi connectivity index (χ4n) is 2.64. The van der Waals surface area contributed by atoms with E-state index >= 15 is 0 Å². The Balaban J connectivity index is 1.56. The maximum absolute atomic E-state index is 13.7. The van der Waals surface area contributed by atoms with Crippen molar-refractivity contribution in [2.75, 3.05) is 16.4 Å². The highest BCUT2D eigenvalue weighted by molar-refractivity contribution is 8.00. The van der Waals surface area contributed by atoms with Crippen LogP contribution in [0.3, 0.4) is 0 Å². The van der Waals surface area contributed by atoms with E-state index in [0.717, 1.165) is 4.90 Å². The van der Waals surface area contributed by atoms with Gasteiger partial charge in [0, 0.05) is 21.8 Å². The van der Waals surface area contributed by atoms with Gasteiger partial charge in [0.2, 0.25) is 5.91 Å². The Hall–Kier alpha value is -3.45. The fourth-order valence-corrected chi connectivity index (χ4v) is 3.40. The molecule has 7 heteroatoms. The number of halogens is 1. The molecule has 3 aromatic rings. The summed E-state index contributed by atoms with van der Waals surface area (Å²) in [5.74, 6) is -1.20. The Labute approximate surface area is 177 Å². The lowest BCUT2D eigenvalue weighted by Gasteiger charge is -2.09. The molecule has 0 aliphatic carbocycles. The summed E-state index contributed by atoms with van der Waals surface area (Å²) < 4.78 is 13.7. The summed E-state index contributed by atoms with van der Waals surface area (Å²) in [6.45, 7) is 1.48. The minimum absolute atomic E-state index is 0.0364. The van der Waals surface area contributed by atoms with Crippen LogP contribution in [0.1, 0.15) is 27.6 Å². The van der Waals surface area contributed by atoms with E-state index in [1.54, 1.807) is 48.5 Å². The molecule has 3 rings (SSSR count). The molecule has 0 aromatic heterocycles. The highest BCUT2D eigenvalue weighted by atomic mass is 32.2. The van der Waals surface area contributed by atoms with Crippen LogP contribution < -0.4 is 10.6 Å². The van der Waals surface area contributed by atoms with Crippen molar-refractivity contribution >= 4 is 40.7 Å². The molecule has 0 radical (unpaired) electrons. The molecule has 0 saturated carbocycles. The molecule has 0 aliphatic rings. The van der Waals surface area contributed by atoms with Crippen molar-refractivity contribution < 1.29 is 18.8 Å². The lowest BCUT2D eigenvalue weighted by Crippen LogP contribution is -2.14. The summed E-state index contributed by atoms with van der Waals surface area (Å²) in [6, 6.07) is 19.4. The maximum atomic E-state index is 13.7. The SMILES string of the molecule is CC(=O)c1ccc(NC(=O)CSc2cccc(NC(=O)c3ccccc3F)c2)cc1. The van der Waals surface area contributed by atoms with Crippen molar-refractivity contribution in [3.8, 4) is 0 Å². The average Bonchev–Trinajstić information content (AvgIpc) is 2.73. The third-order valence-electron chi connectivity index (χ3n) is 4.16. The van der Waals surface area contributed by atoms with Crippen molar-refractivity contribution in [3.63, 3.8) is 0 Å². The van der Waals surface area contributed by atoms with Crippen LogP contribution in [-0.4, -0.2) is 23.4 Å². The summed E-state index contributed by atoms with van der Waals surface area (Å²) in [4.78, 5) is 36.5. The van der Waals surface area contributed by atoms with Gasteiger partial charge >= 0.3 is 0 Å². The number of hydrogen-bond acceptors (Lipinski definition) is 4. The van der Waals surface area contributed by atoms with Crippen LogP contribution in [0.15, 0.2) is 77.7 Å². The van der Waals surface area contributed by atoms with E-state index in [-0.39, 0.29) is 23.0 Å². The van der Waals surface area contributed by atoms with Crippen molar-refractivity contribution in [1.82, 2.24) is 0 Å². The first-order valence-corrected chi connectivity index (χ1v) is 10.1. The van der Waals surface area contributed by atoms with Crippen LogP contribution in [0.4, 0.5) is 15.8 Å². The Bertz CT molecular complexity index is 1080. The zero-order chi connectivity index (χ0) is 21.5. The minimum Gasteiger partial charge on any atom is -0.325 e. The molecule has 0 bridgehead atoms. The predicted octanol–water partition coefficient (Wildman–Crippen LogP) is 5.01. The Morgan fingerprint density at radius 1 is 0.867 bits per heavy atom. The van der Waals surface area contributed by atoms with Crippen LogP contribution >= 0.6 is 11.8 Å².